The smallest absolute Gasteiger partial charge is 0.00343 e. The molecule has 0 amide bonds. The molecule has 1 atom stereocenters. The largest absolute Gasteiger partial charge is 0.0928 e. The Kier molecular flexibility index (Phi) is 2.79. The van der Waals surface area contributed by atoms with Gasteiger partial charge in [-0.25, -0.2) is 0 Å². The summed E-state index contributed by atoms with van der Waals surface area (Å²) in [4.78, 5) is 0. The molecule has 0 unspecified atom stereocenters. The summed E-state index contributed by atoms with van der Waals surface area (Å²) in [6, 6.07) is 0. The van der Waals surface area contributed by atoms with Gasteiger partial charge in [0.15, 0.2) is 0 Å². The summed E-state index contributed by atoms with van der Waals surface area (Å²) in [5.74, 6) is 0.863. The Bertz CT molecular complexity index is 168. The maximum atomic E-state index is 3.51. The minimum atomic E-state index is 0.452. The fraction of sp³-hybridized carbons (Fsp3) is 0.800. The van der Waals surface area contributed by atoms with Crippen LogP contribution in [0.5, 0.6) is 0 Å². The highest BCUT2D eigenvalue weighted by Crippen LogP contribution is 2.44. The van der Waals surface area contributed by atoms with E-state index in [0.717, 1.165) is 11.2 Å². The molecule has 0 nitrogen and oxygen atoms in total. The van der Waals surface area contributed by atoms with Gasteiger partial charge in [0, 0.05) is 5.33 Å². The molecule has 11 heavy (non-hydrogen) atoms. The lowest BCUT2D eigenvalue weighted by Crippen LogP contribution is -2.20. The first kappa shape index (κ1) is 9.31. The molecule has 0 aromatic carbocycles. The molecule has 1 rings (SSSR count). The van der Waals surface area contributed by atoms with E-state index in [1.807, 2.05) is 0 Å². The first-order chi connectivity index (χ1) is 5.09. The van der Waals surface area contributed by atoms with E-state index in [1.54, 1.807) is 5.57 Å². The summed E-state index contributed by atoms with van der Waals surface area (Å²) >= 11 is 3.51. The van der Waals surface area contributed by atoms with Gasteiger partial charge >= 0.3 is 0 Å². The van der Waals surface area contributed by atoms with Crippen molar-refractivity contribution in [2.75, 3.05) is 5.33 Å². The predicted octanol–water partition coefficient (Wildman–Crippen LogP) is 3.76. The molecule has 1 aliphatic rings. The van der Waals surface area contributed by atoms with E-state index in [1.165, 1.54) is 12.8 Å². The molecule has 0 bridgehead atoms. The van der Waals surface area contributed by atoms with Crippen molar-refractivity contribution in [3.05, 3.63) is 11.6 Å². The monoisotopic (exact) mass is 216 g/mol. The van der Waals surface area contributed by atoms with E-state index in [4.69, 9.17) is 0 Å². The molecule has 0 fully saturated rings. The van der Waals surface area contributed by atoms with Gasteiger partial charge in [0.25, 0.3) is 0 Å². The summed E-state index contributed by atoms with van der Waals surface area (Å²) in [5, 5.41) is 1.14. The number of alkyl halides is 1. The Labute approximate surface area is 78.2 Å². The third-order valence-electron chi connectivity index (χ3n) is 3.20. The van der Waals surface area contributed by atoms with E-state index < -0.39 is 0 Å². The van der Waals surface area contributed by atoms with Gasteiger partial charge in [-0.05, 0) is 31.1 Å². The van der Waals surface area contributed by atoms with Gasteiger partial charge < -0.3 is 0 Å². The number of hydrogen-bond donors (Lipinski definition) is 0. The Morgan fingerprint density at radius 2 is 2.27 bits per heavy atom. The summed E-state index contributed by atoms with van der Waals surface area (Å²) < 4.78 is 0. The predicted molar refractivity (Wildman–Crippen MR) is 54.1 cm³/mol. The molecule has 0 aromatic heterocycles. The van der Waals surface area contributed by atoms with Gasteiger partial charge in [0.05, 0.1) is 0 Å². The Morgan fingerprint density at radius 3 is 2.64 bits per heavy atom. The fourth-order valence-electron chi connectivity index (χ4n) is 1.81. The molecular weight excluding hydrogens is 200 g/mol. The second-order valence-electron chi connectivity index (χ2n) is 4.02. The van der Waals surface area contributed by atoms with Crippen LogP contribution in [-0.4, -0.2) is 5.33 Å². The molecule has 0 heterocycles. The number of rotatable bonds is 2. The normalized spacial score (nSPS) is 28.7. The van der Waals surface area contributed by atoms with Gasteiger partial charge in [0.2, 0.25) is 0 Å². The van der Waals surface area contributed by atoms with Crippen molar-refractivity contribution in [1.82, 2.24) is 0 Å². The lowest BCUT2D eigenvalue weighted by molar-refractivity contribution is 0.286. The molecule has 1 aliphatic carbocycles. The molecule has 1 heteroatoms. The highest BCUT2D eigenvalue weighted by molar-refractivity contribution is 9.09. The summed E-state index contributed by atoms with van der Waals surface area (Å²) in [5.41, 5.74) is 2.02. The van der Waals surface area contributed by atoms with Crippen LogP contribution in [0.3, 0.4) is 0 Å². The zero-order chi connectivity index (χ0) is 8.48. The molecular formula is C10H17Br. The van der Waals surface area contributed by atoms with Gasteiger partial charge in [-0.15, -0.1) is 0 Å². The van der Waals surface area contributed by atoms with Crippen molar-refractivity contribution >= 4 is 15.9 Å². The van der Waals surface area contributed by atoms with E-state index >= 15 is 0 Å². The van der Waals surface area contributed by atoms with Crippen molar-refractivity contribution < 1.29 is 0 Å². The second kappa shape index (κ2) is 3.30. The van der Waals surface area contributed by atoms with Crippen LogP contribution in [0.25, 0.3) is 0 Å². The van der Waals surface area contributed by atoms with Crippen molar-refractivity contribution in [1.29, 1.82) is 0 Å². The van der Waals surface area contributed by atoms with Crippen LogP contribution in [0.4, 0.5) is 0 Å². The quantitative estimate of drug-likeness (QED) is 0.488. The molecule has 0 spiro atoms. The number of hydrogen-bond acceptors (Lipinski definition) is 0. The molecule has 0 aromatic rings. The molecule has 64 valence electrons. The zero-order valence-electron chi connectivity index (χ0n) is 7.65. The van der Waals surface area contributed by atoms with E-state index in [-0.39, 0.29) is 0 Å². The second-order valence-corrected chi connectivity index (χ2v) is 4.81. The van der Waals surface area contributed by atoms with E-state index in [0.29, 0.717) is 5.41 Å². The first-order valence-electron chi connectivity index (χ1n) is 4.32. The summed E-state index contributed by atoms with van der Waals surface area (Å²) in [6.45, 7) is 6.98. The minimum Gasteiger partial charge on any atom is -0.0928 e. The summed E-state index contributed by atoms with van der Waals surface area (Å²) in [6.07, 6.45) is 4.98. The van der Waals surface area contributed by atoms with Crippen molar-refractivity contribution in [3.8, 4) is 0 Å². The fourth-order valence-corrected chi connectivity index (χ4v) is 2.36. The van der Waals surface area contributed by atoms with Crippen LogP contribution in [0.1, 0.15) is 33.6 Å². The highest BCUT2D eigenvalue weighted by Gasteiger charge is 2.33. The average Bonchev–Trinajstić information content (AvgIpc) is 2.16. The van der Waals surface area contributed by atoms with Crippen LogP contribution in [0.15, 0.2) is 11.6 Å². The van der Waals surface area contributed by atoms with Crippen molar-refractivity contribution in [3.63, 3.8) is 0 Å². The Morgan fingerprint density at radius 1 is 1.64 bits per heavy atom. The van der Waals surface area contributed by atoms with Gasteiger partial charge in [-0.2, -0.15) is 0 Å². The maximum Gasteiger partial charge on any atom is 0.00343 e. The van der Waals surface area contributed by atoms with Crippen LogP contribution >= 0.6 is 15.9 Å². The lowest BCUT2D eigenvalue weighted by Gasteiger charge is -2.29. The number of halogens is 1. The first-order valence-corrected chi connectivity index (χ1v) is 5.44. The van der Waals surface area contributed by atoms with Crippen LogP contribution < -0.4 is 0 Å². The van der Waals surface area contributed by atoms with Gasteiger partial charge in [0.1, 0.15) is 0 Å². The molecule has 0 radical (unpaired) electrons. The van der Waals surface area contributed by atoms with Crippen LogP contribution in [0.2, 0.25) is 0 Å². The van der Waals surface area contributed by atoms with Crippen molar-refractivity contribution in [2.24, 2.45) is 11.3 Å². The minimum absolute atomic E-state index is 0.452. The van der Waals surface area contributed by atoms with E-state index in [2.05, 4.69) is 42.8 Å². The number of allylic oxidation sites excluding steroid dienone is 2. The molecule has 0 saturated carbocycles. The molecule has 0 saturated heterocycles. The average molecular weight is 217 g/mol. The van der Waals surface area contributed by atoms with E-state index in [9.17, 15) is 0 Å². The van der Waals surface area contributed by atoms with Gasteiger partial charge in [-0.1, -0.05) is 41.4 Å². The maximum absolute atomic E-state index is 3.51. The third-order valence-corrected chi connectivity index (χ3v) is 3.66. The van der Waals surface area contributed by atoms with Crippen molar-refractivity contribution in [2.45, 2.75) is 33.6 Å². The molecule has 0 N–H and O–H groups in total. The van der Waals surface area contributed by atoms with Crippen LogP contribution in [0, 0.1) is 11.3 Å². The topological polar surface area (TPSA) is 0 Å². The third kappa shape index (κ3) is 1.69. The molecule has 0 aliphatic heterocycles. The van der Waals surface area contributed by atoms with Gasteiger partial charge in [-0.3, -0.25) is 0 Å². The standard InChI is InChI=1S/C10H17Br/c1-8-4-5-9(6-7-11)10(8,2)3/h4,9H,5-7H2,1-3H3/t9-/m1/s1. The zero-order valence-corrected chi connectivity index (χ0v) is 9.24. The summed E-state index contributed by atoms with van der Waals surface area (Å²) in [7, 11) is 0. The Hall–Kier alpha value is 0.220. The van der Waals surface area contributed by atoms with Crippen LogP contribution in [-0.2, 0) is 0 Å². The Balaban J connectivity index is 2.62. The lowest BCUT2D eigenvalue weighted by atomic mass is 9.76. The highest BCUT2D eigenvalue weighted by atomic mass is 79.9. The SMILES string of the molecule is CC1=CC[C@H](CCBr)C1(C)C.